The van der Waals surface area contributed by atoms with Crippen molar-refractivity contribution < 1.29 is 4.79 Å². The highest BCUT2D eigenvalue weighted by Gasteiger charge is 2.20. The van der Waals surface area contributed by atoms with E-state index in [1.807, 2.05) is 6.07 Å². The summed E-state index contributed by atoms with van der Waals surface area (Å²) in [5, 5.41) is 6.00. The number of pyridine rings is 1. The molecule has 1 atom stereocenters. The minimum Gasteiger partial charge on any atom is -0.355 e. The van der Waals surface area contributed by atoms with Crippen LogP contribution >= 0.6 is 0 Å². The standard InChI is InChI=1S/C12H17N3O2/c16-11-5-1-2-8-15(11)9-7-13-10-4-3-6-14-12(10)17/h1-2,5,8,10,13H,3-4,6-7,9H2,(H,14,17). The third-order valence-electron chi connectivity index (χ3n) is 2.93. The van der Waals surface area contributed by atoms with E-state index in [0.717, 1.165) is 19.4 Å². The molecule has 1 aliphatic heterocycles. The van der Waals surface area contributed by atoms with Gasteiger partial charge in [-0.15, -0.1) is 0 Å². The van der Waals surface area contributed by atoms with E-state index in [9.17, 15) is 9.59 Å². The van der Waals surface area contributed by atoms with Crippen molar-refractivity contribution in [2.75, 3.05) is 13.1 Å². The van der Waals surface area contributed by atoms with Gasteiger partial charge in [-0.25, -0.2) is 0 Å². The first-order valence-corrected chi connectivity index (χ1v) is 5.94. The summed E-state index contributed by atoms with van der Waals surface area (Å²) in [5.74, 6) is 0.0664. The number of carbonyl (C=O) groups excluding carboxylic acids is 1. The van der Waals surface area contributed by atoms with E-state index in [-0.39, 0.29) is 17.5 Å². The molecule has 0 radical (unpaired) electrons. The molecule has 92 valence electrons. The zero-order chi connectivity index (χ0) is 12.1. The van der Waals surface area contributed by atoms with Crippen molar-refractivity contribution in [3.8, 4) is 0 Å². The summed E-state index contributed by atoms with van der Waals surface area (Å²) in [6.45, 7) is 1.99. The van der Waals surface area contributed by atoms with Crippen molar-refractivity contribution in [2.45, 2.75) is 25.4 Å². The van der Waals surface area contributed by atoms with E-state index in [1.54, 1.807) is 16.8 Å². The first-order chi connectivity index (χ1) is 8.27. The van der Waals surface area contributed by atoms with Crippen molar-refractivity contribution in [1.82, 2.24) is 15.2 Å². The summed E-state index contributed by atoms with van der Waals surface area (Å²) in [6, 6.07) is 4.98. The predicted molar refractivity (Wildman–Crippen MR) is 64.7 cm³/mol. The number of nitrogens with zero attached hydrogens (tertiary/aromatic N) is 1. The summed E-state index contributed by atoms with van der Waals surface area (Å²) in [4.78, 5) is 22.9. The molecule has 2 heterocycles. The van der Waals surface area contributed by atoms with Crippen LogP contribution in [0.2, 0.25) is 0 Å². The minimum atomic E-state index is -0.108. The maximum atomic E-state index is 11.5. The quantitative estimate of drug-likeness (QED) is 0.754. The van der Waals surface area contributed by atoms with Crippen LogP contribution in [0, 0.1) is 0 Å². The number of rotatable bonds is 4. The number of aromatic nitrogens is 1. The van der Waals surface area contributed by atoms with Gasteiger partial charge in [0.2, 0.25) is 5.91 Å². The predicted octanol–water partition coefficient (Wildman–Crippen LogP) is -0.283. The Balaban J connectivity index is 1.81. The van der Waals surface area contributed by atoms with Gasteiger partial charge >= 0.3 is 0 Å². The number of amides is 1. The molecule has 0 saturated carbocycles. The lowest BCUT2D eigenvalue weighted by Crippen LogP contribution is -2.49. The van der Waals surface area contributed by atoms with Gasteiger partial charge in [0.15, 0.2) is 0 Å². The maximum Gasteiger partial charge on any atom is 0.250 e. The largest absolute Gasteiger partial charge is 0.355 e. The van der Waals surface area contributed by atoms with Crippen LogP contribution in [0.5, 0.6) is 0 Å². The lowest BCUT2D eigenvalue weighted by molar-refractivity contribution is -0.124. The Morgan fingerprint density at radius 2 is 2.29 bits per heavy atom. The van der Waals surface area contributed by atoms with Crippen LogP contribution in [0.1, 0.15) is 12.8 Å². The zero-order valence-electron chi connectivity index (χ0n) is 9.69. The van der Waals surface area contributed by atoms with E-state index in [1.165, 1.54) is 6.07 Å². The van der Waals surface area contributed by atoms with Crippen LogP contribution in [-0.4, -0.2) is 29.6 Å². The van der Waals surface area contributed by atoms with Crippen LogP contribution < -0.4 is 16.2 Å². The van der Waals surface area contributed by atoms with Crippen molar-refractivity contribution in [2.24, 2.45) is 0 Å². The van der Waals surface area contributed by atoms with E-state index >= 15 is 0 Å². The van der Waals surface area contributed by atoms with Crippen molar-refractivity contribution in [3.63, 3.8) is 0 Å². The van der Waals surface area contributed by atoms with Crippen LogP contribution in [0.25, 0.3) is 0 Å². The second-order valence-electron chi connectivity index (χ2n) is 4.17. The molecule has 5 heteroatoms. The molecule has 1 saturated heterocycles. The fourth-order valence-electron chi connectivity index (χ4n) is 1.97. The first-order valence-electron chi connectivity index (χ1n) is 5.94. The smallest absolute Gasteiger partial charge is 0.250 e. The molecule has 1 unspecified atom stereocenters. The highest BCUT2D eigenvalue weighted by Crippen LogP contribution is 2.02. The van der Waals surface area contributed by atoms with Gasteiger partial charge in [-0.3, -0.25) is 9.59 Å². The minimum absolute atomic E-state index is 0.0117. The average Bonchev–Trinajstić information content (AvgIpc) is 2.34. The third kappa shape index (κ3) is 3.17. The number of piperidine rings is 1. The molecule has 0 aromatic carbocycles. The molecule has 1 aliphatic rings. The Labute approximate surface area is 99.8 Å². The number of carbonyl (C=O) groups is 1. The summed E-state index contributed by atoms with van der Waals surface area (Å²) >= 11 is 0. The fourth-order valence-corrected chi connectivity index (χ4v) is 1.97. The molecule has 0 aliphatic carbocycles. The molecule has 5 nitrogen and oxygen atoms in total. The molecule has 0 bridgehead atoms. The van der Waals surface area contributed by atoms with Crippen LogP contribution in [-0.2, 0) is 11.3 Å². The van der Waals surface area contributed by atoms with E-state index in [0.29, 0.717) is 13.1 Å². The summed E-state index contributed by atoms with van der Waals surface area (Å²) < 4.78 is 1.63. The topological polar surface area (TPSA) is 63.1 Å². The highest BCUT2D eigenvalue weighted by molar-refractivity contribution is 5.82. The average molecular weight is 235 g/mol. The van der Waals surface area contributed by atoms with Crippen LogP contribution in [0.3, 0.4) is 0 Å². The molecule has 1 amide bonds. The normalized spacial score (nSPS) is 20.0. The zero-order valence-corrected chi connectivity index (χ0v) is 9.69. The first kappa shape index (κ1) is 11.9. The summed E-state index contributed by atoms with van der Waals surface area (Å²) in [7, 11) is 0. The third-order valence-corrected chi connectivity index (χ3v) is 2.93. The van der Waals surface area contributed by atoms with Gasteiger partial charge in [-0.05, 0) is 18.9 Å². The lowest BCUT2D eigenvalue weighted by Gasteiger charge is -2.22. The summed E-state index contributed by atoms with van der Waals surface area (Å²) in [6.07, 6.45) is 3.63. The Hall–Kier alpha value is -1.62. The summed E-state index contributed by atoms with van der Waals surface area (Å²) in [5.41, 5.74) is -0.0117. The Morgan fingerprint density at radius 3 is 3.06 bits per heavy atom. The molecule has 2 rings (SSSR count). The van der Waals surface area contributed by atoms with Gasteiger partial charge < -0.3 is 15.2 Å². The lowest BCUT2D eigenvalue weighted by atomic mass is 10.1. The van der Waals surface area contributed by atoms with Crippen molar-refractivity contribution >= 4 is 5.91 Å². The number of nitrogens with one attached hydrogen (secondary N) is 2. The SMILES string of the molecule is O=C1NCCCC1NCCn1ccccc1=O. The van der Waals surface area contributed by atoms with Gasteiger partial charge in [0, 0.05) is 31.9 Å². The second kappa shape index (κ2) is 5.63. The fraction of sp³-hybridized carbons (Fsp3) is 0.500. The Kier molecular flexibility index (Phi) is 3.93. The molecule has 0 spiro atoms. The van der Waals surface area contributed by atoms with E-state index < -0.39 is 0 Å². The molecule has 1 fully saturated rings. The van der Waals surface area contributed by atoms with E-state index in [4.69, 9.17) is 0 Å². The molecule has 1 aromatic heterocycles. The maximum absolute atomic E-state index is 11.5. The van der Waals surface area contributed by atoms with Crippen molar-refractivity contribution in [1.29, 1.82) is 0 Å². The monoisotopic (exact) mass is 235 g/mol. The highest BCUT2D eigenvalue weighted by atomic mass is 16.2. The van der Waals surface area contributed by atoms with Crippen molar-refractivity contribution in [3.05, 3.63) is 34.7 Å². The number of hydrogen-bond acceptors (Lipinski definition) is 3. The van der Waals surface area contributed by atoms with Gasteiger partial charge in [0.25, 0.3) is 5.56 Å². The molecular weight excluding hydrogens is 218 g/mol. The van der Waals surface area contributed by atoms with Gasteiger partial charge in [-0.2, -0.15) is 0 Å². The van der Waals surface area contributed by atoms with Crippen LogP contribution in [0.15, 0.2) is 29.2 Å². The van der Waals surface area contributed by atoms with Crippen LogP contribution in [0.4, 0.5) is 0 Å². The molecule has 2 N–H and O–H groups in total. The number of hydrogen-bond donors (Lipinski definition) is 2. The molecular formula is C12H17N3O2. The Bertz CT molecular complexity index is 441. The second-order valence-corrected chi connectivity index (χ2v) is 4.17. The van der Waals surface area contributed by atoms with Gasteiger partial charge in [0.05, 0.1) is 6.04 Å². The molecule has 17 heavy (non-hydrogen) atoms. The Morgan fingerprint density at radius 1 is 1.41 bits per heavy atom. The van der Waals surface area contributed by atoms with E-state index in [2.05, 4.69) is 10.6 Å². The van der Waals surface area contributed by atoms with Gasteiger partial charge in [0.1, 0.15) is 0 Å². The molecule has 1 aromatic rings. The van der Waals surface area contributed by atoms with Gasteiger partial charge in [-0.1, -0.05) is 6.07 Å².